The Bertz CT molecular complexity index is 1140. The van der Waals surface area contributed by atoms with Crippen LogP contribution >= 0.6 is 11.9 Å². The molecule has 0 bridgehead atoms. The van der Waals surface area contributed by atoms with Gasteiger partial charge in [0.2, 0.25) is 11.8 Å². The van der Waals surface area contributed by atoms with Crippen molar-refractivity contribution in [1.82, 2.24) is 4.31 Å². The first-order chi connectivity index (χ1) is 17.9. The molecular weight excluding hydrogens is 486 g/mol. The number of benzene rings is 2. The van der Waals surface area contributed by atoms with Crippen molar-refractivity contribution >= 4 is 35.3 Å². The lowest BCUT2D eigenvalue weighted by Gasteiger charge is -2.30. The summed E-state index contributed by atoms with van der Waals surface area (Å²) in [7, 11) is 1.37. The van der Waals surface area contributed by atoms with Gasteiger partial charge in [0, 0.05) is 24.4 Å². The van der Waals surface area contributed by atoms with Gasteiger partial charge in [-0.3, -0.25) is 9.59 Å². The molecule has 0 saturated carbocycles. The fraction of sp³-hybridized carbons (Fsp3) is 0.345. The summed E-state index contributed by atoms with van der Waals surface area (Å²) in [5.41, 5.74) is 14.7. The van der Waals surface area contributed by atoms with E-state index in [-0.39, 0.29) is 23.7 Å². The largest absolute Gasteiger partial charge is 0.465 e. The Morgan fingerprint density at radius 2 is 1.81 bits per heavy atom. The fourth-order valence-electron chi connectivity index (χ4n) is 4.18. The number of ether oxygens (including phenoxy) is 1. The van der Waals surface area contributed by atoms with E-state index < -0.39 is 0 Å². The Balaban J connectivity index is 0.000000208. The molecule has 4 rings (SSSR count). The van der Waals surface area contributed by atoms with E-state index in [2.05, 4.69) is 46.8 Å². The topological polar surface area (TPSA) is 116 Å². The fourth-order valence-corrected chi connectivity index (χ4v) is 5.32. The SMILES string of the molecule is COC(=O)c1ccccc1SN1CCCC(C(N)=O)C1.NC(=O)CCc1ccc(C2=CCCC=C2)cc1. The van der Waals surface area contributed by atoms with E-state index >= 15 is 0 Å². The number of carbonyl (C=O) groups is 3. The van der Waals surface area contributed by atoms with Crippen LogP contribution in [0.25, 0.3) is 5.57 Å². The Labute approximate surface area is 223 Å². The van der Waals surface area contributed by atoms with E-state index in [0.29, 0.717) is 18.5 Å². The molecule has 1 unspecified atom stereocenters. The summed E-state index contributed by atoms with van der Waals surface area (Å²) in [4.78, 5) is 34.5. The van der Waals surface area contributed by atoms with Gasteiger partial charge in [-0.2, -0.15) is 0 Å². The van der Waals surface area contributed by atoms with E-state index in [1.54, 1.807) is 12.1 Å². The van der Waals surface area contributed by atoms with Crippen molar-refractivity contribution in [2.45, 2.75) is 43.4 Å². The maximum atomic E-state index is 11.7. The Kier molecular flexibility index (Phi) is 11.0. The molecule has 1 aliphatic heterocycles. The molecule has 2 aromatic carbocycles. The standard InChI is InChI=1S/C15H17NO.C14H18N2O3S/c16-15(17)11-8-12-6-9-14(10-7-12)13-4-2-1-3-5-13;1-19-14(18)11-6-2-3-7-12(11)20-16-8-4-5-10(9-16)13(15)17/h2,4-7,9-10H,1,3,8,11H2,(H2,16,17);2-3,6-7,10H,4-5,8-9H2,1H3,(H2,15,17). The van der Waals surface area contributed by atoms with Crippen LogP contribution in [0.1, 0.15) is 53.6 Å². The Hall–Kier alpha value is -3.36. The predicted molar refractivity (Wildman–Crippen MR) is 147 cm³/mol. The molecule has 2 amide bonds. The van der Waals surface area contributed by atoms with Crippen molar-refractivity contribution in [2.24, 2.45) is 17.4 Å². The first-order valence-corrected chi connectivity index (χ1v) is 13.3. The molecule has 0 aromatic heterocycles. The lowest BCUT2D eigenvalue weighted by Crippen LogP contribution is -2.37. The molecule has 1 fully saturated rings. The van der Waals surface area contributed by atoms with Crippen LogP contribution in [0, 0.1) is 5.92 Å². The van der Waals surface area contributed by atoms with Gasteiger partial charge in [-0.05, 0) is 72.9 Å². The lowest BCUT2D eigenvalue weighted by molar-refractivity contribution is -0.122. The number of esters is 1. The third-order valence-electron chi connectivity index (χ3n) is 6.25. The van der Waals surface area contributed by atoms with Crippen LogP contribution in [-0.2, 0) is 20.7 Å². The number of primary amides is 2. The van der Waals surface area contributed by atoms with Gasteiger partial charge in [-0.25, -0.2) is 9.10 Å². The third kappa shape index (κ3) is 8.91. The quantitative estimate of drug-likeness (QED) is 0.390. The molecule has 4 N–H and O–H groups in total. The van der Waals surface area contributed by atoms with Crippen molar-refractivity contribution in [3.05, 3.63) is 83.4 Å². The van der Waals surface area contributed by atoms with E-state index in [1.807, 2.05) is 12.1 Å². The zero-order chi connectivity index (χ0) is 26.6. The number of carbonyl (C=O) groups excluding carboxylic acids is 3. The van der Waals surface area contributed by atoms with Crippen LogP contribution in [0.3, 0.4) is 0 Å². The monoisotopic (exact) mass is 521 g/mol. The lowest BCUT2D eigenvalue weighted by atomic mass is 9.98. The number of hydrogen-bond acceptors (Lipinski definition) is 6. The molecular formula is C29H35N3O4S. The van der Waals surface area contributed by atoms with Crippen LogP contribution in [0.4, 0.5) is 0 Å². The van der Waals surface area contributed by atoms with Crippen LogP contribution < -0.4 is 11.5 Å². The minimum Gasteiger partial charge on any atom is -0.465 e. The van der Waals surface area contributed by atoms with Crippen molar-refractivity contribution < 1.29 is 19.1 Å². The van der Waals surface area contributed by atoms with Crippen molar-refractivity contribution in [3.63, 3.8) is 0 Å². The molecule has 7 nitrogen and oxygen atoms in total. The van der Waals surface area contributed by atoms with E-state index in [9.17, 15) is 14.4 Å². The van der Waals surface area contributed by atoms with E-state index in [1.165, 1.54) is 30.2 Å². The number of allylic oxidation sites excluding steroid dienone is 4. The van der Waals surface area contributed by atoms with Gasteiger partial charge < -0.3 is 16.2 Å². The third-order valence-corrected chi connectivity index (χ3v) is 7.39. The predicted octanol–water partition coefficient (Wildman–Crippen LogP) is 4.52. The Morgan fingerprint density at radius 3 is 2.46 bits per heavy atom. The molecule has 0 radical (unpaired) electrons. The minimum atomic E-state index is -0.350. The first kappa shape index (κ1) is 28.2. The zero-order valence-corrected chi connectivity index (χ0v) is 22.0. The first-order valence-electron chi connectivity index (χ1n) is 12.5. The number of hydrogen-bond donors (Lipinski definition) is 2. The molecule has 2 aromatic rings. The molecule has 1 aliphatic carbocycles. The number of piperidine rings is 1. The van der Waals surface area contributed by atoms with Gasteiger partial charge in [-0.15, -0.1) is 0 Å². The molecule has 37 heavy (non-hydrogen) atoms. The normalized spacial score (nSPS) is 17.2. The number of aryl methyl sites for hydroxylation is 1. The maximum absolute atomic E-state index is 11.7. The molecule has 8 heteroatoms. The number of methoxy groups -OCH3 is 1. The highest BCUT2D eigenvalue weighted by molar-refractivity contribution is 7.97. The summed E-state index contributed by atoms with van der Waals surface area (Å²) < 4.78 is 6.86. The van der Waals surface area contributed by atoms with Crippen LogP contribution in [-0.4, -0.2) is 42.3 Å². The van der Waals surface area contributed by atoms with Crippen LogP contribution in [0.5, 0.6) is 0 Å². The van der Waals surface area contributed by atoms with Crippen molar-refractivity contribution in [3.8, 4) is 0 Å². The molecule has 2 aliphatic rings. The average molecular weight is 522 g/mol. The zero-order valence-electron chi connectivity index (χ0n) is 21.2. The second-order valence-corrected chi connectivity index (χ2v) is 10.1. The maximum Gasteiger partial charge on any atom is 0.339 e. The van der Waals surface area contributed by atoms with Gasteiger partial charge in [0.15, 0.2) is 0 Å². The summed E-state index contributed by atoms with van der Waals surface area (Å²) >= 11 is 1.48. The second kappa shape index (κ2) is 14.4. The highest BCUT2D eigenvalue weighted by Gasteiger charge is 2.25. The number of nitrogens with two attached hydrogens (primary N) is 2. The summed E-state index contributed by atoms with van der Waals surface area (Å²) in [6.07, 6.45) is 11.8. The van der Waals surface area contributed by atoms with Crippen LogP contribution in [0.2, 0.25) is 0 Å². The van der Waals surface area contributed by atoms with E-state index in [4.69, 9.17) is 16.2 Å². The van der Waals surface area contributed by atoms with Gasteiger partial charge in [-0.1, -0.05) is 54.6 Å². The van der Waals surface area contributed by atoms with Gasteiger partial charge >= 0.3 is 5.97 Å². The van der Waals surface area contributed by atoms with Crippen molar-refractivity contribution in [2.75, 3.05) is 20.2 Å². The average Bonchev–Trinajstić information content (AvgIpc) is 2.93. The molecule has 0 spiro atoms. The minimum absolute atomic E-state index is 0.110. The smallest absolute Gasteiger partial charge is 0.339 e. The molecule has 1 saturated heterocycles. The van der Waals surface area contributed by atoms with E-state index in [0.717, 1.165) is 49.1 Å². The summed E-state index contributed by atoms with van der Waals surface area (Å²) in [6.45, 7) is 1.50. The van der Waals surface area contributed by atoms with Gasteiger partial charge in [0.25, 0.3) is 0 Å². The molecule has 1 atom stereocenters. The number of nitrogens with zero attached hydrogens (tertiary/aromatic N) is 1. The molecule has 1 heterocycles. The summed E-state index contributed by atoms with van der Waals surface area (Å²) in [5.74, 6) is -0.957. The number of rotatable bonds is 8. The summed E-state index contributed by atoms with van der Waals surface area (Å²) in [5, 5.41) is 0. The highest BCUT2D eigenvalue weighted by atomic mass is 32.2. The van der Waals surface area contributed by atoms with Gasteiger partial charge in [0.05, 0.1) is 18.6 Å². The van der Waals surface area contributed by atoms with Crippen LogP contribution in [0.15, 0.2) is 71.7 Å². The second-order valence-electron chi connectivity index (χ2n) is 9.01. The van der Waals surface area contributed by atoms with Gasteiger partial charge in [0.1, 0.15) is 0 Å². The number of amides is 2. The molecule has 196 valence electrons. The summed E-state index contributed by atoms with van der Waals surface area (Å²) in [6, 6.07) is 15.7. The Morgan fingerprint density at radius 1 is 1.05 bits per heavy atom. The highest BCUT2D eigenvalue weighted by Crippen LogP contribution is 2.31. The van der Waals surface area contributed by atoms with Crippen molar-refractivity contribution in [1.29, 1.82) is 0 Å².